The molecule has 1 aromatic rings. The van der Waals surface area contributed by atoms with Gasteiger partial charge in [-0.15, -0.1) is 0 Å². The van der Waals surface area contributed by atoms with Crippen LogP contribution in [0.25, 0.3) is 0 Å². The topological polar surface area (TPSA) is 49.4 Å². The number of halogens is 2. The fourth-order valence-corrected chi connectivity index (χ4v) is 3.82. The van der Waals surface area contributed by atoms with Gasteiger partial charge in [-0.3, -0.25) is 14.9 Å². The van der Waals surface area contributed by atoms with E-state index in [1.54, 1.807) is 11.8 Å². The highest BCUT2D eigenvalue weighted by atomic mass is 19.3. The molecule has 2 heterocycles. The van der Waals surface area contributed by atoms with Crippen LogP contribution >= 0.6 is 0 Å². The number of carbonyl (C=O) groups excluding carboxylic acids is 2. The number of piperidine rings is 1. The fourth-order valence-electron chi connectivity index (χ4n) is 3.82. The SMILES string of the molecule is CC(=O)C1(c2ccccc2)CCN(C(=O)[C@@H]2CC(F)(F)CN2)CC1. The number of amides is 1. The summed E-state index contributed by atoms with van der Waals surface area (Å²) in [7, 11) is 0. The van der Waals surface area contributed by atoms with Crippen LogP contribution < -0.4 is 5.32 Å². The summed E-state index contributed by atoms with van der Waals surface area (Å²) in [4.78, 5) is 26.4. The van der Waals surface area contributed by atoms with Crippen molar-refractivity contribution in [1.82, 2.24) is 10.2 Å². The molecular formula is C18H22F2N2O2. The number of hydrogen-bond acceptors (Lipinski definition) is 3. The number of hydrogen-bond donors (Lipinski definition) is 1. The van der Waals surface area contributed by atoms with E-state index in [9.17, 15) is 18.4 Å². The number of likely N-dealkylation sites (tertiary alicyclic amines) is 1. The van der Waals surface area contributed by atoms with Crippen molar-refractivity contribution in [3.8, 4) is 0 Å². The minimum Gasteiger partial charge on any atom is -0.341 e. The molecule has 0 saturated carbocycles. The molecule has 1 atom stereocenters. The van der Waals surface area contributed by atoms with Crippen molar-refractivity contribution in [2.24, 2.45) is 0 Å². The average molecular weight is 336 g/mol. The molecule has 0 spiro atoms. The van der Waals surface area contributed by atoms with Crippen LogP contribution in [0.15, 0.2) is 30.3 Å². The Morgan fingerprint density at radius 1 is 1.17 bits per heavy atom. The lowest BCUT2D eigenvalue weighted by atomic mass is 9.70. The van der Waals surface area contributed by atoms with Crippen LogP contribution in [0.2, 0.25) is 0 Å². The summed E-state index contributed by atoms with van der Waals surface area (Å²) in [6.45, 7) is 1.97. The van der Waals surface area contributed by atoms with E-state index in [2.05, 4.69) is 5.32 Å². The van der Waals surface area contributed by atoms with E-state index in [1.807, 2.05) is 30.3 Å². The van der Waals surface area contributed by atoms with Gasteiger partial charge in [-0.25, -0.2) is 8.78 Å². The molecule has 0 aromatic heterocycles. The second kappa shape index (κ2) is 6.24. The Labute approximate surface area is 140 Å². The largest absolute Gasteiger partial charge is 0.341 e. The van der Waals surface area contributed by atoms with Gasteiger partial charge in [0.25, 0.3) is 5.92 Å². The number of Topliss-reactive ketones (excluding diaryl/α,β-unsaturated/α-hetero) is 1. The summed E-state index contributed by atoms with van der Waals surface area (Å²) in [5.41, 5.74) is 0.389. The highest BCUT2D eigenvalue weighted by Crippen LogP contribution is 2.37. The Balaban J connectivity index is 1.70. The van der Waals surface area contributed by atoms with Gasteiger partial charge >= 0.3 is 0 Å². The predicted molar refractivity (Wildman–Crippen MR) is 86.0 cm³/mol. The zero-order chi connectivity index (χ0) is 17.4. The van der Waals surface area contributed by atoms with Gasteiger partial charge in [-0.2, -0.15) is 0 Å². The predicted octanol–water partition coefficient (Wildman–Crippen LogP) is 2.13. The van der Waals surface area contributed by atoms with Crippen molar-refractivity contribution in [3.05, 3.63) is 35.9 Å². The summed E-state index contributed by atoms with van der Waals surface area (Å²) in [5, 5.41) is 2.61. The lowest BCUT2D eigenvalue weighted by molar-refractivity contribution is -0.137. The van der Waals surface area contributed by atoms with Crippen molar-refractivity contribution in [2.45, 2.75) is 43.6 Å². The lowest BCUT2D eigenvalue weighted by Gasteiger charge is -2.41. The lowest BCUT2D eigenvalue weighted by Crippen LogP contribution is -2.52. The van der Waals surface area contributed by atoms with Gasteiger partial charge in [0, 0.05) is 19.5 Å². The highest BCUT2D eigenvalue weighted by molar-refractivity contribution is 5.89. The van der Waals surface area contributed by atoms with Crippen molar-refractivity contribution in [3.63, 3.8) is 0 Å². The third-order valence-corrected chi connectivity index (χ3v) is 5.34. The highest BCUT2D eigenvalue weighted by Gasteiger charge is 2.46. The summed E-state index contributed by atoms with van der Waals surface area (Å²) in [6, 6.07) is 8.78. The zero-order valence-corrected chi connectivity index (χ0v) is 13.7. The minimum absolute atomic E-state index is 0.0892. The molecule has 3 rings (SSSR count). The summed E-state index contributed by atoms with van der Waals surface area (Å²) >= 11 is 0. The Morgan fingerprint density at radius 2 is 1.79 bits per heavy atom. The van der Waals surface area contributed by atoms with Gasteiger partial charge in [0.2, 0.25) is 5.91 Å². The normalized spacial score (nSPS) is 25.5. The second-order valence-corrected chi connectivity index (χ2v) is 6.82. The van der Waals surface area contributed by atoms with Gasteiger partial charge in [0.05, 0.1) is 18.0 Å². The number of ketones is 1. The van der Waals surface area contributed by atoms with E-state index in [-0.39, 0.29) is 11.7 Å². The fraction of sp³-hybridized carbons (Fsp3) is 0.556. The number of carbonyl (C=O) groups is 2. The Kier molecular flexibility index (Phi) is 4.42. The van der Waals surface area contributed by atoms with Crippen LogP contribution in [0, 0.1) is 0 Å². The maximum atomic E-state index is 13.3. The molecular weight excluding hydrogens is 314 g/mol. The molecule has 2 fully saturated rings. The number of nitrogens with zero attached hydrogens (tertiary/aromatic N) is 1. The van der Waals surface area contributed by atoms with Gasteiger partial charge in [0.15, 0.2) is 0 Å². The third kappa shape index (κ3) is 3.07. The smallest absolute Gasteiger partial charge is 0.262 e. The first-order chi connectivity index (χ1) is 11.3. The number of rotatable bonds is 3. The van der Waals surface area contributed by atoms with E-state index < -0.39 is 30.3 Å². The van der Waals surface area contributed by atoms with Crippen LogP contribution in [-0.4, -0.2) is 48.2 Å². The van der Waals surface area contributed by atoms with E-state index in [1.165, 1.54) is 0 Å². The molecule has 1 amide bonds. The zero-order valence-electron chi connectivity index (χ0n) is 13.7. The Morgan fingerprint density at radius 3 is 2.29 bits per heavy atom. The molecule has 2 saturated heterocycles. The van der Waals surface area contributed by atoms with Crippen LogP contribution in [0.4, 0.5) is 8.78 Å². The van der Waals surface area contributed by atoms with Crippen molar-refractivity contribution < 1.29 is 18.4 Å². The van der Waals surface area contributed by atoms with Crippen molar-refractivity contribution in [2.75, 3.05) is 19.6 Å². The molecule has 1 aromatic carbocycles. The van der Waals surface area contributed by atoms with Gasteiger partial charge in [-0.05, 0) is 25.3 Å². The molecule has 4 nitrogen and oxygen atoms in total. The molecule has 6 heteroatoms. The van der Waals surface area contributed by atoms with Crippen molar-refractivity contribution >= 4 is 11.7 Å². The third-order valence-electron chi connectivity index (χ3n) is 5.34. The van der Waals surface area contributed by atoms with Crippen LogP contribution in [0.5, 0.6) is 0 Å². The van der Waals surface area contributed by atoms with E-state index in [4.69, 9.17) is 0 Å². The minimum atomic E-state index is -2.82. The molecule has 0 radical (unpaired) electrons. The Hall–Kier alpha value is -1.82. The second-order valence-electron chi connectivity index (χ2n) is 6.82. The molecule has 0 unspecified atom stereocenters. The first-order valence-electron chi connectivity index (χ1n) is 8.31. The van der Waals surface area contributed by atoms with E-state index in [0.717, 1.165) is 5.56 Å². The van der Waals surface area contributed by atoms with Gasteiger partial charge in [0.1, 0.15) is 5.78 Å². The monoisotopic (exact) mass is 336 g/mol. The molecule has 24 heavy (non-hydrogen) atoms. The molecule has 0 bridgehead atoms. The summed E-state index contributed by atoms with van der Waals surface area (Å²) in [6.07, 6.45) is 0.612. The molecule has 0 aliphatic carbocycles. The number of nitrogens with one attached hydrogen (secondary N) is 1. The number of alkyl halides is 2. The molecule has 130 valence electrons. The van der Waals surface area contributed by atoms with E-state index in [0.29, 0.717) is 25.9 Å². The van der Waals surface area contributed by atoms with Gasteiger partial charge in [-0.1, -0.05) is 30.3 Å². The maximum Gasteiger partial charge on any atom is 0.262 e. The maximum absolute atomic E-state index is 13.3. The van der Waals surface area contributed by atoms with Gasteiger partial charge < -0.3 is 4.90 Å². The van der Waals surface area contributed by atoms with Crippen LogP contribution in [0.3, 0.4) is 0 Å². The van der Waals surface area contributed by atoms with Crippen LogP contribution in [-0.2, 0) is 15.0 Å². The molecule has 2 aliphatic heterocycles. The molecule has 2 aliphatic rings. The number of benzene rings is 1. The van der Waals surface area contributed by atoms with E-state index >= 15 is 0 Å². The quantitative estimate of drug-likeness (QED) is 0.920. The van der Waals surface area contributed by atoms with Crippen LogP contribution in [0.1, 0.15) is 31.7 Å². The Bertz CT molecular complexity index is 625. The average Bonchev–Trinajstić information content (AvgIpc) is 2.95. The summed E-state index contributed by atoms with van der Waals surface area (Å²) in [5.74, 6) is -3.01. The summed E-state index contributed by atoms with van der Waals surface area (Å²) < 4.78 is 26.6. The first kappa shape index (κ1) is 17.0. The molecule has 1 N–H and O–H groups in total. The standard InChI is InChI=1S/C18H22F2N2O2/c1-13(23)17(14-5-3-2-4-6-14)7-9-22(10-8-17)16(24)15-11-18(19,20)12-21-15/h2-6,15,21H,7-12H2,1H3/t15-/m0/s1. The first-order valence-corrected chi connectivity index (χ1v) is 8.31. The van der Waals surface area contributed by atoms with Crippen molar-refractivity contribution in [1.29, 1.82) is 0 Å².